The smallest absolute Gasteiger partial charge is 0.136 e. The van der Waals surface area contributed by atoms with E-state index in [1.807, 2.05) is 30.6 Å². The van der Waals surface area contributed by atoms with Gasteiger partial charge in [-0.05, 0) is 12.1 Å². The van der Waals surface area contributed by atoms with Crippen molar-refractivity contribution in [1.82, 2.24) is 14.7 Å². The molecule has 0 amide bonds. The lowest BCUT2D eigenvalue weighted by atomic mass is 10.4. The van der Waals surface area contributed by atoms with Crippen LogP contribution in [-0.2, 0) is 6.54 Å². The van der Waals surface area contributed by atoms with Crippen LogP contribution in [0.2, 0.25) is 0 Å². The molecular weight excluding hydrogens is 254 g/mol. The molecule has 0 atom stereocenters. The molecule has 2 aromatic heterocycles. The Morgan fingerprint density at radius 1 is 1.53 bits per heavy atom. The molecule has 1 N–H and O–H groups in total. The highest BCUT2D eigenvalue weighted by Crippen LogP contribution is 2.06. The van der Waals surface area contributed by atoms with E-state index in [0.717, 1.165) is 28.9 Å². The summed E-state index contributed by atoms with van der Waals surface area (Å²) in [5.74, 6) is 0. The Morgan fingerprint density at radius 3 is 3.20 bits per heavy atom. The number of halogens is 1. The van der Waals surface area contributed by atoms with Crippen LogP contribution in [-0.4, -0.2) is 15.9 Å². The van der Waals surface area contributed by atoms with Gasteiger partial charge in [0.1, 0.15) is 5.65 Å². The van der Waals surface area contributed by atoms with Gasteiger partial charge in [0.2, 0.25) is 0 Å². The van der Waals surface area contributed by atoms with Crippen LogP contribution in [0.5, 0.6) is 0 Å². The third kappa shape index (κ3) is 2.46. The second-order valence-electron chi connectivity index (χ2n) is 3.30. The second-order valence-corrected chi connectivity index (χ2v) is 4.42. The number of aromatic nitrogens is 2. The van der Waals surface area contributed by atoms with Gasteiger partial charge >= 0.3 is 0 Å². The van der Waals surface area contributed by atoms with E-state index in [4.69, 9.17) is 0 Å². The molecule has 0 bridgehead atoms. The van der Waals surface area contributed by atoms with Gasteiger partial charge in [0.05, 0.1) is 11.9 Å². The topological polar surface area (TPSA) is 29.3 Å². The van der Waals surface area contributed by atoms with E-state index < -0.39 is 0 Å². The maximum atomic E-state index is 4.31. The molecule has 15 heavy (non-hydrogen) atoms. The SMILES string of the molecule is C=C(Br)CNCc1cnc2ccccn12. The van der Waals surface area contributed by atoms with E-state index >= 15 is 0 Å². The fourth-order valence-electron chi connectivity index (χ4n) is 1.44. The van der Waals surface area contributed by atoms with Crippen molar-refractivity contribution < 1.29 is 0 Å². The maximum Gasteiger partial charge on any atom is 0.136 e. The van der Waals surface area contributed by atoms with Crippen LogP contribution in [0.3, 0.4) is 0 Å². The molecule has 0 aliphatic heterocycles. The lowest BCUT2D eigenvalue weighted by molar-refractivity contribution is 0.732. The van der Waals surface area contributed by atoms with Gasteiger partial charge in [-0.15, -0.1) is 0 Å². The van der Waals surface area contributed by atoms with Crippen molar-refractivity contribution in [2.75, 3.05) is 6.54 Å². The molecule has 2 rings (SSSR count). The van der Waals surface area contributed by atoms with Crippen molar-refractivity contribution >= 4 is 21.6 Å². The summed E-state index contributed by atoms with van der Waals surface area (Å²) in [7, 11) is 0. The zero-order chi connectivity index (χ0) is 10.7. The lowest BCUT2D eigenvalue weighted by Crippen LogP contribution is -2.15. The summed E-state index contributed by atoms with van der Waals surface area (Å²) < 4.78 is 3.03. The van der Waals surface area contributed by atoms with E-state index in [-0.39, 0.29) is 0 Å². The Balaban J connectivity index is 2.11. The molecule has 0 spiro atoms. The summed E-state index contributed by atoms with van der Waals surface area (Å²) in [6.45, 7) is 5.32. The first kappa shape index (κ1) is 10.4. The van der Waals surface area contributed by atoms with Crippen molar-refractivity contribution in [2.45, 2.75) is 6.54 Å². The zero-order valence-corrected chi connectivity index (χ0v) is 9.87. The summed E-state index contributed by atoms with van der Waals surface area (Å²) in [6, 6.07) is 5.98. The van der Waals surface area contributed by atoms with E-state index in [2.05, 4.69) is 37.2 Å². The normalized spacial score (nSPS) is 10.7. The molecule has 3 nitrogen and oxygen atoms in total. The van der Waals surface area contributed by atoms with Crippen LogP contribution in [0.25, 0.3) is 5.65 Å². The average Bonchev–Trinajstić information content (AvgIpc) is 2.62. The molecule has 0 radical (unpaired) electrons. The minimum atomic E-state index is 0.764. The first-order valence-corrected chi connectivity index (χ1v) is 5.51. The first-order valence-electron chi connectivity index (χ1n) is 4.72. The predicted octanol–water partition coefficient (Wildman–Crippen LogP) is 2.33. The molecule has 78 valence electrons. The minimum absolute atomic E-state index is 0.764. The number of nitrogens with zero attached hydrogens (tertiary/aromatic N) is 2. The molecule has 0 saturated heterocycles. The van der Waals surface area contributed by atoms with Crippen molar-refractivity contribution in [1.29, 1.82) is 0 Å². The van der Waals surface area contributed by atoms with Crippen molar-refractivity contribution in [3.63, 3.8) is 0 Å². The third-order valence-electron chi connectivity index (χ3n) is 2.12. The quantitative estimate of drug-likeness (QED) is 0.920. The number of nitrogens with one attached hydrogen (secondary N) is 1. The predicted molar refractivity (Wildman–Crippen MR) is 65.0 cm³/mol. The van der Waals surface area contributed by atoms with Gasteiger partial charge in [0.15, 0.2) is 0 Å². The van der Waals surface area contributed by atoms with Crippen molar-refractivity contribution in [2.24, 2.45) is 0 Å². The van der Waals surface area contributed by atoms with E-state index in [9.17, 15) is 0 Å². The molecule has 2 heterocycles. The Labute approximate surface area is 97.0 Å². The molecule has 0 fully saturated rings. The maximum absolute atomic E-state index is 4.31. The zero-order valence-electron chi connectivity index (χ0n) is 8.28. The average molecular weight is 266 g/mol. The van der Waals surface area contributed by atoms with Gasteiger partial charge in [0.25, 0.3) is 0 Å². The van der Waals surface area contributed by atoms with Crippen LogP contribution < -0.4 is 5.32 Å². The van der Waals surface area contributed by atoms with Crippen LogP contribution in [0.4, 0.5) is 0 Å². The standard InChI is InChI=1S/C11H12BrN3/c1-9(12)6-13-7-10-8-14-11-4-2-3-5-15(10)11/h2-5,8,13H,1,6-7H2. The van der Waals surface area contributed by atoms with Gasteiger partial charge in [0, 0.05) is 23.8 Å². The summed E-state index contributed by atoms with van der Waals surface area (Å²) >= 11 is 3.31. The molecule has 0 saturated carbocycles. The molecule has 2 aromatic rings. The highest BCUT2D eigenvalue weighted by atomic mass is 79.9. The number of pyridine rings is 1. The van der Waals surface area contributed by atoms with Crippen LogP contribution in [0.15, 0.2) is 41.7 Å². The lowest BCUT2D eigenvalue weighted by Gasteiger charge is -2.03. The fourth-order valence-corrected chi connectivity index (χ4v) is 1.64. The van der Waals surface area contributed by atoms with Gasteiger partial charge in [-0.25, -0.2) is 4.98 Å². The minimum Gasteiger partial charge on any atom is -0.307 e. The van der Waals surface area contributed by atoms with E-state index in [0.29, 0.717) is 0 Å². The monoisotopic (exact) mass is 265 g/mol. The Bertz CT molecular complexity index is 475. The van der Waals surface area contributed by atoms with Crippen molar-refractivity contribution in [3.8, 4) is 0 Å². The highest BCUT2D eigenvalue weighted by molar-refractivity contribution is 9.11. The summed E-state index contributed by atoms with van der Waals surface area (Å²) in [5, 5.41) is 3.27. The van der Waals surface area contributed by atoms with E-state index in [1.165, 1.54) is 0 Å². The molecule has 0 unspecified atom stereocenters. The number of imidazole rings is 1. The molecule has 4 heteroatoms. The summed E-state index contributed by atoms with van der Waals surface area (Å²) in [4.78, 5) is 4.31. The first-order chi connectivity index (χ1) is 7.27. The Kier molecular flexibility index (Phi) is 3.18. The highest BCUT2D eigenvalue weighted by Gasteiger charge is 2.00. The Hall–Kier alpha value is -1.13. The molecule has 0 aromatic carbocycles. The molecule has 0 aliphatic carbocycles. The second kappa shape index (κ2) is 4.59. The third-order valence-corrected chi connectivity index (χ3v) is 2.40. The summed E-state index contributed by atoms with van der Waals surface area (Å²) in [6.07, 6.45) is 3.90. The van der Waals surface area contributed by atoms with Gasteiger partial charge in [-0.1, -0.05) is 28.6 Å². The number of hydrogen-bond donors (Lipinski definition) is 1. The van der Waals surface area contributed by atoms with Gasteiger partial charge < -0.3 is 9.72 Å². The van der Waals surface area contributed by atoms with Gasteiger partial charge in [-0.2, -0.15) is 0 Å². The Morgan fingerprint density at radius 2 is 2.40 bits per heavy atom. The van der Waals surface area contributed by atoms with Crippen LogP contribution in [0.1, 0.15) is 5.69 Å². The number of hydrogen-bond acceptors (Lipinski definition) is 2. The fraction of sp³-hybridized carbons (Fsp3) is 0.182. The van der Waals surface area contributed by atoms with E-state index in [1.54, 1.807) is 0 Å². The summed E-state index contributed by atoms with van der Waals surface area (Å²) in [5.41, 5.74) is 2.13. The van der Waals surface area contributed by atoms with Crippen LogP contribution >= 0.6 is 15.9 Å². The van der Waals surface area contributed by atoms with Crippen LogP contribution in [0, 0.1) is 0 Å². The largest absolute Gasteiger partial charge is 0.307 e. The number of rotatable bonds is 4. The number of fused-ring (bicyclic) bond motifs is 1. The van der Waals surface area contributed by atoms with Gasteiger partial charge in [-0.3, -0.25) is 0 Å². The molecular formula is C11H12BrN3. The van der Waals surface area contributed by atoms with Crippen molar-refractivity contribution in [3.05, 3.63) is 47.3 Å². The molecule has 0 aliphatic rings.